The molecule has 5 rings (SSSR count). The van der Waals surface area contributed by atoms with Crippen LogP contribution in [0.1, 0.15) is 32.9 Å². The number of amides is 1. The van der Waals surface area contributed by atoms with Gasteiger partial charge < -0.3 is 25.4 Å². The van der Waals surface area contributed by atoms with Crippen LogP contribution in [0.5, 0.6) is 5.75 Å². The van der Waals surface area contributed by atoms with Crippen LogP contribution in [0.15, 0.2) is 54.9 Å². The Morgan fingerprint density at radius 2 is 1.94 bits per heavy atom. The zero-order chi connectivity index (χ0) is 28.5. The van der Waals surface area contributed by atoms with E-state index >= 15 is 0 Å². The summed E-state index contributed by atoms with van der Waals surface area (Å²) in [4.78, 5) is 32.0. The van der Waals surface area contributed by atoms with E-state index in [0.29, 0.717) is 43.0 Å². The Morgan fingerprint density at radius 3 is 2.78 bits per heavy atom. The van der Waals surface area contributed by atoms with Crippen LogP contribution in [-0.4, -0.2) is 59.3 Å². The molecule has 0 bridgehead atoms. The lowest BCUT2D eigenvalue weighted by Gasteiger charge is -2.28. The van der Waals surface area contributed by atoms with Crippen molar-refractivity contribution in [2.45, 2.75) is 12.9 Å². The molecule has 184 valence electrons. The molecular formula is C26H27N7O3. The van der Waals surface area contributed by atoms with E-state index in [1.54, 1.807) is 30.5 Å². The highest BCUT2D eigenvalue weighted by atomic mass is 16.5. The van der Waals surface area contributed by atoms with E-state index in [9.17, 15) is 4.79 Å². The number of fused-ring (bicyclic) bond motifs is 1. The molecule has 4 heterocycles. The largest absolute Gasteiger partial charge is 0.494 e. The van der Waals surface area contributed by atoms with Gasteiger partial charge in [0.25, 0.3) is 5.91 Å². The lowest BCUT2D eigenvalue weighted by atomic mass is 10.1. The van der Waals surface area contributed by atoms with Gasteiger partial charge in [-0.05, 0) is 29.8 Å². The lowest BCUT2D eigenvalue weighted by molar-refractivity contribution is 0.0947. The van der Waals surface area contributed by atoms with Gasteiger partial charge in [0.05, 0.1) is 47.1 Å². The van der Waals surface area contributed by atoms with Crippen molar-refractivity contribution in [1.29, 1.82) is 0 Å². The number of carbonyl (C=O) groups excluding carboxylic acids is 1. The number of ether oxygens (including phenoxy) is 2. The third-order valence-corrected chi connectivity index (χ3v) is 5.57. The highest BCUT2D eigenvalue weighted by Crippen LogP contribution is 2.26. The molecule has 0 spiro atoms. The quantitative estimate of drug-likeness (QED) is 0.402. The van der Waals surface area contributed by atoms with E-state index in [2.05, 4.69) is 30.2 Å². The predicted octanol–water partition coefficient (Wildman–Crippen LogP) is 2.37. The predicted molar refractivity (Wildman–Crippen MR) is 136 cm³/mol. The molecular weight excluding hydrogens is 458 g/mol. The van der Waals surface area contributed by atoms with Crippen molar-refractivity contribution in [3.63, 3.8) is 0 Å². The molecule has 4 aromatic rings. The zero-order valence-corrected chi connectivity index (χ0v) is 19.6. The van der Waals surface area contributed by atoms with Crippen LogP contribution in [-0.2, 0) is 17.6 Å². The van der Waals surface area contributed by atoms with E-state index in [0.717, 1.165) is 5.69 Å². The van der Waals surface area contributed by atoms with E-state index in [4.69, 9.17) is 20.7 Å². The number of nitrogens with two attached hydrogens (primary N) is 1. The number of rotatable bonds is 7. The molecule has 0 unspecified atom stereocenters. The van der Waals surface area contributed by atoms with Crippen LogP contribution in [0.3, 0.4) is 0 Å². The number of hydrogen-bond donors (Lipinski definition) is 2. The van der Waals surface area contributed by atoms with E-state index in [1.807, 2.05) is 0 Å². The van der Waals surface area contributed by atoms with Crippen LogP contribution in [0.2, 0.25) is 0 Å². The maximum atomic E-state index is 13.2. The molecule has 1 aliphatic rings. The van der Waals surface area contributed by atoms with Gasteiger partial charge >= 0.3 is 0 Å². The lowest BCUT2D eigenvalue weighted by Crippen LogP contribution is -2.36. The van der Waals surface area contributed by atoms with Gasteiger partial charge in [-0.3, -0.25) is 14.8 Å². The summed E-state index contributed by atoms with van der Waals surface area (Å²) in [5, 5.41) is 2.63. The second kappa shape index (κ2) is 10.5. The number of para-hydroxylation sites is 1. The molecule has 0 aliphatic carbocycles. The monoisotopic (exact) mass is 489 g/mol. The summed E-state index contributed by atoms with van der Waals surface area (Å²) < 4.78 is 45.5. The number of nitrogens with zero attached hydrogens (tertiary/aromatic N) is 5. The van der Waals surface area contributed by atoms with Gasteiger partial charge in [-0.2, -0.15) is 0 Å². The van der Waals surface area contributed by atoms with Crippen molar-refractivity contribution < 1.29 is 19.8 Å². The molecule has 0 radical (unpaired) electrons. The number of methoxy groups -OCH3 is 1. The topological polar surface area (TPSA) is 128 Å². The number of hydrogen-bond acceptors (Lipinski definition) is 9. The number of carbonyl (C=O) groups is 1. The molecule has 1 aliphatic heterocycles. The van der Waals surface area contributed by atoms with Crippen LogP contribution in [0, 0.1) is 0 Å². The average Bonchev–Trinajstić information content (AvgIpc) is 2.96. The minimum Gasteiger partial charge on any atom is -0.494 e. The molecule has 36 heavy (non-hydrogen) atoms. The van der Waals surface area contributed by atoms with Crippen molar-refractivity contribution in [3.8, 4) is 5.75 Å². The first kappa shape index (κ1) is 18.9. The third kappa shape index (κ3) is 5.18. The Morgan fingerprint density at radius 1 is 1.14 bits per heavy atom. The van der Waals surface area contributed by atoms with Gasteiger partial charge in [0.2, 0.25) is 5.95 Å². The summed E-state index contributed by atoms with van der Waals surface area (Å²) >= 11 is 0. The fourth-order valence-electron chi connectivity index (χ4n) is 3.87. The number of nitrogen functional groups attached to an aromatic ring is 1. The van der Waals surface area contributed by atoms with Gasteiger partial charge in [-0.25, -0.2) is 9.97 Å². The molecule has 3 N–H and O–H groups in total. The normalized spacial score (nSPS) is 16.0. The molecule has 10 nitrogen and oxygen atoms in total. The maximum Gasteiger partial charge on any atom is 0.271 e. The van der Waals surface area contributed by atoms with Crippen molar-refractivity contribution in [3.05, 3.63) is 77.5 Å². The van der Waals surface area contributed by atoms with Gasteiger partial charge in [0, 0.05) is 39.5 Å². The number of benzene rings is 1. The average molecular weight is 490 g/mol. The van der Waals surface area contributed by atoms with Crippen LogP contribution >= 0.6 is 0 Å². The summed E-state index contributed by atoms with van der Waals surface area (Å²) in [5.41, 5.74) is 6.79. The molecule has 0 atom stereocenters. The summed E-state index contributed by atoms with van der Waals surface area (Å²) in [5.74, 6) is -0.647. The van der Waals surface area contributed by atoms with Gasteiger partial charge in [0.1, 0.15) is 17.0 Å². The van der Waals surface area contributed by atoms with E-state index in [-0.39, 0.29) is 28.6 Å². The maximum absolute atomic E-state index is 13.2. The Balaban J connectivity index is 1.43. The number of pyridine rings is 2. The Hall–Kier alpha value is -4.31. The van der Waals surface area contributed by atoms with Crippen molar-refractivity contribution in [2.24, 2.45) is 0 Å². The zero-order valence-electron chi connectivity index (χ0n) is 23.6. The fraction of sp³-hybridized carbons (Fsp3) is 0.269. The van der Waals surface area contributed by atoms with Crippen molar-refractivity contribution >= 4 is 28.4 Å². The molecule has 1 fully saturated rings. The first-order chi connectivity index (χ1) is 19.1. The SMILES string of the molecule is [2H]C([2H])(NC(=O)c1nc(N)nc2c(OC)cccc12)c1cccc(C([2H])([2H])c2cncc(N3CCOCC3)c2)n1. The smallest absolute Gasteiger partial charge is 0.271 e. The number of morpholine rings is 1. The number of nitrogens with one attached hydrogen (secondary N) is 1. The van der Waals surface area contributed by atoms with Gasteiger partial charge in [-0.15, -0.1) is 0 Å². The molecule has 1 aromatic carbocycles. The second-order valence-electron chi connectivity index (χ2n) is 7.93. The minimum absolute atomic E-state index is 0.0366. The summed E-state index contributed by atoms with van der Waals surface area (Å²) in [6.45, 7) is 0.00452. The third-order valence-electron chi connectivity index (χ3n) is 5.57. The Kier molecular flexibility index (Phi) is 5.54. The Bertz CT molecular complexity index is 1560. The van der Waals surface area contributed by atoms with Crippen LogP contribution in [0.25, 0.3) is 10.9 Å². The minimum atomic E-state index is -2.48. The first-order valence-corrected chi connectivity index (χ1v) is 11.3. The molecule has 0 saturated carbocycles. The fourth-order valence-corrected chi connectivity index (χ4v) is 3.87. The van der Waals surface area contributed by atoms with Crippen LogP contribution < -0.4 is 20.7 Å². The summed E-state index contributed by atoms with van der Waals surface area (Å²) in [6, 6.07) is 11.0. The first-order valence-electron chi connectivity index (χ1n) is 13.3. The Labute approximate surface area is 214 Å². The van der Waals surface area contributed by atoms with E-state index < -0.39 is 18.8 Å². The van der Waals surface area contributed by atoms with Gasteiger partial charge in [-0.1, -0.05) is 18.2 Å². The molecule has 10 heteroatoms. The van der Waals surface area contributed by atoms with Crippen molar-refractivity contribution in [2.75, 3.05) is 44.0 Å². The number of aromatic nitrogens is 4. The highest BCUT2D eigenvalue weighted by Gasteiger charge is 2.17. The molecule has 1 amide bonds. The van der Waals surface area contributed by atoms with Crippen LogP contribution in [0.4, 0.5) is 11.6 Å². The summed E-state index contributed by atoms with van der Waals surface area (Å²) in [6.07, 6.45) is 0.995. The standard InChI is InChI=1S/C26H27N7O3/c1-35-22-7-3-6-21-23(22)31-26(27)32-24(21)25(34)29-15-19-5-2-4-18(30-19)12-17-13-20(16-28-14-17)33-8-10-36-11-9-33/h2-7,13-14,16H,8-12,15H2,1H3,(H,29,34)(H2,27,31,32)/i12D2,15D2. The highest BCUT2D eigenvalue weighted by molar-refractivity contribution is 6.05. The molecule has 3 aromatic heterocycles. The van der Waals surface area contributed by atoms with Gasteiger partial charge in [0.15, 0.2) is 0 Å². The number of anilines is 2. The summed E-state index contributed by atoms with van der Waals surface area (Å²) in [7, 11) is 1.46. The van der Waals surface area contributed by atoms with Crippen molar-refractivity contribution in [1.82, 2.24) is 25.3 Å². The second-order valence-corrected chi connectivity index (χ2v) is 7.93. The molecule has 1 saturated heterocycles. The van der Waals surface area contributed by atoms with E-state index in [1.165, 1.54) is 31.5 Å².